The predicted octanol–water partition coefficient (Wildman–Crippen LogP) is -1.21. The van der Waals surface area contributed by atoms with E-state index in [0.717, 1.165) is 0 Å². The van der Waals surface area contributed by atoms with Gasteiger partial charge < -0.3 is 15.3 Å². The van der Waals surface area contributed by atoms with Gasteiger partial charge >= 0.3 is 0 Å². The standard InChI is InChI=1S/C8H13F2NO3/c9-8(10)1-4-6(13)7(14)5(2-12)11(4)3-8/h4-7,12-14H,1-3H2/t4-,5-,6-,7-/m1/s1. The van der Waals surface area contributed by atoms with Gasteiger partial charge in [0.15, 0.2) is 0 Å². The highest BCUT2D eigenvalue weighted by atomic mass is 19.3. The molecule has 14 heavy (non-hydrogen) atoms. The molecule has 2 heterocycles. The summed E-state index contributed by atoms with van der Waals surface area (Å²) in [6.45, 7) is -0.901. The van der Waals surface area contributed by atoms with Gasteiger partial charge in [-0.05, 0) is 0 Å². The predicted molar refractivity (Wildman–Crippen MR) is 42.9 cm³/mol. The Bertz CT molecular complexity index is 239. The Balaban J connectivity index is 2.19. The number of aliphatic hydroxyl groups is 3. The molecular weight excluding hydrogens is 196 g/mol. The molecular formula is C8H13F2NO3. The molecule has 2 aliphatic heterocycles. The van der Waals surface area contributed by atoms with Crippen molar-refractivity contribution in [2.75, 3.05) is 13.2 Å². The number of rotatable bonds is 1. The highest BCUT2D eigenvalue weighted by molar-refractivity contribution is 5.07. The van der Waals surface area contributed by atoms with Crippen LogP contribution < -0.4 is 0 Å². The summed E-state index contributed by atoms with van der Waals surface area (Å²) < 4.78 is 25.9. The van der Waals surface area contributed by atoms with Crippen molar-refractivity contribution in [3.8, 4) is 0 Å². The van der Waals surface area contributed by atoms with Crippen molar-refractivity contribution >= 4 is 0 Å². The number of nitrogens with zero attached hydrogens (tertiary/aromatic N) is 1. The summed E-state index contributed by atoms with van der Waals surface area (Å²) in [4.78, 5) is 1.30. The Morgan fingerprint density at radius 3 is 2.50 bits per heavy atom. The van der Waals surface area contributed by atoms with Gasteiger partial charge in [0.1, 0.15) is 0 Å². The monoisotopic (exact) mass is 209 g/mol. The number of hydrogen-bond acceptors (Lipinski definition) is 4. The van der Waals surface area contributed by atoms with Crippen LogP contribution in [0.25, 0.3) is 0 Å². The number of alkyl halides is 2. The van der Waals surface area contributed by atoms with Gasteiger partial charge in [0.05, 0.1) is 31.4 Å². The van der Waals surface area contributed by atoms with Crippen LogP contribution in [0.5, 0.6) is 0 Å². The van der Waals surface area contributed by atoms with Crippen molar-refractivity contribution in [1.29, 1.82) is 0 Å². The van der Waals surface area contributed by atoms with E-state index in [1.807, 2.05) is 0 Å². The molecule has 3 N–H and O–H groups in total. The minimum absolute atomic E-state index is 0.412. The maximum absolute atomic E-state index is 13.0. The average Bonchev–Trinajstić information content (AvgIpc) is 2.50. The van der Waals surface area contributed by atoms with Crippen molar-refractivity contribution in [1.82, 2.24) is 4.90 Å². The van der Waals surface area contributed by atoms with Gasteiger partial charge in [-0.2, -0.15) is 0 Å². The van der Waals surface area contributed by atoms with Crippen LogP contribution >= 0.6 is 0 Å². The number of halogens is 2. The Labute approximate surface area is 79.8 Å². The first-order valence-corrected chi connectivity index (χ1v) is 4.57. The van der Waals surface area contributed by atoms with E-state index in [1.165, 1.54) is 4.90 Å². The van der Waals surface area contributed by atoms with Crippen molar-refractivity contribution in [3.05, 3.63) is 0 Å². The minimum atomic E-state index is -2.82. The molecule has 0 aromatic rings. The molecule has 0 saturated carbocycles. The summed E-state index contributed by atoms with van der Waals surface area (Å²) in [6.07, 6.45) is -2.75. The summed E-state index contributed by atoms with van der Waals surface area (Å²) >= 11 is 0. The molecule has 2 rings (SSSR count). The topological polar surface area (TPSA) is 63.9 Å². The summed E-state index contributed by atoms with van der Waals surface area (Å²) in [7, 11) is 0. The molecule has 82 valence electrons. The maximum atomic E-state index is 13.0. The van der Waals surface area contributed by atoms with Crippen molar-refractivity contribution in [2.45, 2.75) is 36.6 Å². The summed E-state index contributed by atoms with van der Waals surface area (Å²) in [5.74, 6) is -2.82. The van der Waals surface area contributed by atoms with E-state index in [4.69, 9.17) is 5.11 Å². The van der Waals surface area contributed by atoms with Crippen LogP contribution in [0.2, 0.25) is 0 Å². The zero-order chi connectivity index (χ0) is 10.5. The highest BCUT2D eigenvalue weighted by Crippen LogP contribution is 2.40. The highest BCUT2D eigenvalue weighted by Gasteiger charge is 2.57. The molecule has 0 amide bonds. The Morgan fingerprint density at radius 1 is 1.29 bits per heavy atom. The molecule has 0 bridgehead atoms. The fraction of sp³-hybridized carbons (Fsp3) is 1.00. The average molecular weight is 209 g/mol. The Kier molecular flexibility index (Phi) is 2.26. The van der Waals surface area contributed by atoms with Crippen LogP contribution in [-0.2, 0) is 0 Å². The maximum Gasteiger partial charge on any atom is 0.262 e. The van der Waals surface area contributed by atoms with Gasteiger partial charge in [-0.15, -0.1) is 0 Å². The summed E-state index contributed by atoms with van der Waals surface area (Å²) in [5.41, 5.74) is 0. The molecule has 2 fully saturated rings. The van der Waals surface area contributed by atoms with Crippen molar-refractivity contribution in [2.24, 2.45) is 0 Å². The van der Waals surface area contributed by atoms with E-state index >= 15 is 0 Å². The first-order valence-electron chi connectivity index (χ1n) is 4.57. The molecule has 0 unspecified atom stereocenters. The lowest BCUT2D eigenvalue weighted by molar-refractivity contribution is -0.0288. The Morgan fingerprint density at radius 2 is 1.93 bits per heavy atom. The molecule has 4 atom stereocenters. The van der Waals surface area contributed by atoms with E-state index in [-0.39, 0.29) is 0 Å². The smallest absolute Gasteiger partial charge is 0.262 e. The van der Waals surface area contributed by atoms with E-state index in [0.29, 0.717) is 0 Å². The quantitative estimate of drug-likeness (QED) is 0.507. The molecule has 2 aliphatic rings. The first kappa shape index (κ1) is 10.2. The van der Waals surface area contributed by atoms with E-state index in [9.17, 15) is 19.0 Å². The van der Waals surface area contributed by atoms with Gasteiger partial charge in [0, 0.05) is 12.5 Å². The molecule has 2 saturated heterocycles. The summed E-state index contributed by atoms with van der Waals surface area (Å²) in [5, 5.41) is 27.8. The lowest BCUT2D eigenvalue weighted by atomic mass is 10.0. The minimum Gasteiger partial charge on any atom is -0.395 e. The van der Waals surface area contributed by atoms with Gasteiger partial charge in [0.2, 0.25) is 0 Å². The zero-order valence-electron chi connectivity index (χ0n) is 7.48. The molecule has 0 radical (unpaired) electrons. The second kappa shape index (κ2) is 3.10. The van der Waals surface area contributed by atoms with Crippen LogP contribution in [0.1, 0.15) is 6.42 Å². The van der Waals surface area contributed by atoms with E-state index in [1.54, 1.807) is 0 Å². The number of hydrogen-bond donors (Lipinski definition) is 3. The summed E-state index contributed by atoms with van der Waals surface area (Å²) in [6, 6.07) is -1.49. The fourth-order valence-corrected chi connectivity index (χ4v) is 2.42. The van der Waals surface area contributed by atoms with Crippen LogP contribution in [0.3, 0.4) is 0 Å². The molecule has 0 aromatic carbocycles. The van der Waals surface area contributed by atoms with Gasteiger partial charge in [0.25, 0.3) is 5.92 Å². The third-order valence-corrected chi connectivity index (χ3v) is 3.10. The van der Waals surface area contributed by atoms with Gasteiger partial charge in [-0.1, -0.05) is 0 Å². The van der Waals surface area contributed by atoms with Crippen LogP contribution in [0.4, 0.5) is 8.78 Å². The first-order chi connectivity index (χ1) is 6.46. The number of aliphatic hydroxyl groups excluding tert-OH is 3. The second-order valence-electron chi connectivity index (χ2n) is 4.03. The van der Waals surface area contributed by atoms with E-state index in [2.05, 4.69) is 0 Å². The third-order valence-electron chi connectivity index (χ3n) is 3.10. The Hall–Kier alpha value is -0.300. The van der Waals surface area contributed by atoms with Gasteiger partial charge in [-0.25, -0.2) is 8.78 Å². The SMILES string of the molecule is OC[C@@H]1[C@@H](O)[C@H](O)[C@H]2CC(F)(F)CN12. The van der Waals surface area contributed by atoms with Crippen LogP contribution in [-0.4, -0.2) is 63.6 Å². The third kappa shape index (κ3) is 1.33. The van der Waals surface area contributed by atoms with Crippen LogP contribution in [0, 0.1) is 0 Å². The van der Waals surface area contributed by atoms with E-state index < -0.39 is 49.8 Å². The molecule has 0 aliphatic carbocycles. The fourth-order valence-electron chi connectivity index (χ4n) is 2.42. The van der Waals surface area contributed by atoms with Crippen molar-refractivity contribution in [3.63, 3.8) is 0 Å². The zero-order valence-corrected chi connectivity index (χ0v) is 7.48. The molecule has 0 spiro atoms. The van der Waals surface area contributed by atoms with Crippen LogP contribution in [0.15, 0.2) is 0 Å². The number of fused-ring (bicyclic) bond motifs is 1. The molecule has 6 heteroatoms. The lowest BCUT2D eigenvalue weighted by Gasteiger charge is -2.22. The normalized spacial score (nSPS) is 46.9. The largest absolute Gasteiger partial charge is 0.395 e. The van der Waals surface area contributed by atoms with Gasteiger partial charge in [-0.3, -0.25) is 4.90 Å². The van der Waals surface area contributed by atoms with Crippen molar-refractivity contribution < 1.29 is 24.1 Å². The lowest BCUT2D eigenvalue weighted by Crippen LogP contribution is -2.41. The molecule has 4 nitrogen and oxygen atoms in total. The molecule has 0 aromatic heterocycles. The second-order valence-corrected chi connectivity index (χ2v) is 4.03.